The standard InChI is InChI=1S/C10H10Br3N5/c1-18-9(10(13)16-17-18)8(15-14)6-3-2-5(11)4-7(6)12/h2-4,8,15H,14H2,1H3. The Labute approximate surface area is 129 Å². The second kappa shape index (κ2) is 5.79. The summed E-state index contributed by atoms with van der Waals surface area (Å²) in [5.74, 6) is 5.67. The SMILES string of the molecule is Cn1nnc(Br)c1C(NN)c1ccc(Br)cc1Br. The monoisotopic (exact) mass is 437 g/mol. The second-order valence-corrected chi connectivity index (χ2v) is 6.18. The van der Waals surface area contributed by atoms with Gasteiger partial charge in [0.15, 0.2) is 4.60 Å². The maximum Gasteiger partial charge on any atom is 0.153 e. The van der Waals surface area contributed by atoms with Gasteiger partial charge in [-0.15, -0.1) is 5.10 Å². The quantitative estimate of drug-likeness (QED) is 0.570. The summed E-state index contributed by atoms with van der Waals surface area (Å²) in [5, 5.41) is 7.92. The minimum absolute atomic E-state index is 0.207. The van der Waals surface area contributed by atoms with E-state index in [2.05, 4.69) is 63.5 Å². The molecule has 1 atom stereocenters. The minimum Gasteiger partial charge on any atom is -0.271 e. The maximum absolute atomic E-state index is 5.67. The molecule has 8 heteroatoms. The lowest BCUT2D eigenvalue weighted by molar-refractivity contribution is 0.567. The number of halogens is 3. The number of hydrazine groups is 1. The Morgan fingerprint density at radius 3 is 2.56 bits per heavy atom. The molecule has 96 valence electrons. The predicted octanol–water partition coefficient (Wildman–Crippen LogP) is 2.66. The van der Waals surface area contributed by atoms with Crippen LogP contribution >= 0.6 is 47.8 Å². The zero-order chi connectivity index (χ0) is 13.3. The van der Waals surface area contributed by atoms with Crippen LogP contribution in [0, 0.1) is 0 Å². The number of rotatable bonds is 3. The van der Waals surface area contributed by atoms with E-state index in [1.54, 1.807) is 4.68 Å². The number of nitrogens with two attached hydrogens (primary N) is 1. The molecule has 2 aromatic rings. The van der Waals surface area contributed by atoms with Gasteiger partial charge in [0.25, 0.3) is 0 Å². The maximum atomic E-state index is 5.67. The first-order valence-electron chi connectivity index (χ1n) is 5.00. The number of hydrogen-bond acceptors (Lipinski definition) is 4. The van der Waals surface area contributed by atoms with Crippen LogP contribution in [0.1, 0.15) is 17.3 Å². The topological polar surface area (TPSA) is 68.8 Å². The third kappa shape index (κ3) is 2.67. The summed E-state index contributed by atoms with van der Waals surface area (Å²) in [6, 6.07) is 5.71. The smallest absolute Gasteiger partial charge is 0.153 e. The first kappa shape index (κ1) is 14.1. The number of benzene rings is 1. The lowest BCUT2D eigenvalue weighted by Gasteiger charge is -2.18. The molecule has 3 N–H and O–H groups in total. The molecule has 0 aliphatic heterocycles. The minimum atomic E-state index is -0.207. The number of hydrogen-bond donors (Lipinski definition) is 2. The van der Waals surface area contributed by atoms with E-state index in [1.165, 1.54) is 0 Å². The highest BCUT2D eigenvalue weighted by Gasteiger charge is 2.22. The molecule has 0 amide bonds. The Balaban J connectivity index is 2.52. The molecule has 0 aliphatic carbocycles. The number of nitrogens with zero attached hydrogens (tertiary/aromatic N) is 3. The number of aromatic nitrogens is 3. The Morgan fingerprint density at radius 1 is 1.33 bits per heavy atom. The molecule has 5 nitrogen and oxygen atoms in total. The van der Waals surface area contributed by atoms with Gasteiger partial charge in [0.2, 0.25) is 0 Å². The van der Waals surface area contributed by atoms with Crippen molar-refractivity contribution in [2.75, 3.05) is 0 Å². The average molecular weight is 440 g/mol. The largest absolute Gasteiger partial charge is 0.271 e. The third-order valence-corrected chi connectivity index (χ3v) is 4.29. The summed E-state index contributed by atoms with van der Waals surface area (Å²) in [6.45, 7) is 0. The molecule has 0 spiro atoms. The van der Waals surface area contributed by atoms with Gasteiger partial charge in [-0.2, -0.15) is 0 Å². The number of aryl methyl sites for hydroxylation is 1. The van der Waals surface area contributed by atoms with Crippen molar-refractivity contribution < 1.29 is 0 Å². The molecular weight excluding hydrogens is 430 g/mol. The highest BCUT2D eigenvalue weighted by Crippen LogP contribution is 2.32. The van der Waals surface area contributed by atoms with Crippen molar-refractivity contribution in [1.29, 1.82) is 0 Å². The molecule has 1 unspecified atom stereocenters. The van der Waals surface area contributed by atoms with E-state index in [0.29, 0.717) is 4.60 Å². The van der Waals surface area contributed by atoms with E-state index in [0.717, 1.165) is 20.2 Å². The van der Waals surface area contributed by atoms with Crippen LogP contribution in [0.5, 0.6) is 0 Å². The molecule has 0 aliphatic rings. The lowest BCUT2D eigenvalue weighted by atomic mass is 10.1. The van der Waals surface area contributed by atoms with Gasteiger partial charge in [-0.25, -0.2) is 10.1 Å². The predicted molar refractivity (Wildman–Crippen MR) is 79.7 cm³/mol. The second-order valence-electron chi connectivity index (χ2n) is 3.65. The highest BCUT2D eigenvalue weighted by molar-refractivity contribution is 9.11. The van der Waals surface area contributed by atoms with Crippen LogP contribution in [-0.4, -0.2) is 15.0 Å². The third-order valence-electron chi connectivity index (χ3n) is 2.54. The summed E-state index contributed by atoms with van der Waals surface area (Å²) in [4.78, 5) is 0. The van der Waals surface area contributed by atoms with Gasteiger partial charge in [0.05, 0.1) is 11.7 Å². The first-order chi connectivity index (χ1) is 8.54. The Bertz CT molecular complexity index is 549. The Morgan fingerprint density at radius 2 is 2.06 bits per heavy atom. The molecule has 0 saturated carbocycles. The average Bonchev–Trinajstić information content (AvgIpc) is 2.64. The molecule has 0 fully saturated rings. The summed E-state index contributed by atoms with van der Waals surface area (Å²) >= 11 is 10.3. The van der Waals surface area contributed by atoms with Crippen molar-refractivity contribution >= 4 is 47.8 Å². The van der Waals surface area contributed by atoms with Crippen LogP contribution in [0.4, 0.5) is 0 Å². The number of nitrogens with one attached hydrogen (secondary N) is 1. The van der Waals surface area contributed by atoms with Crippen molar-refractivity contribution in [1.82, 2.24) is 20.4 Å². The fraction of sp³-hybridized carbons (Fsp3) is 0.200. The molecule has 18 heavy (non-hydrogen) atoms. The molecule has 0 radical (unpaired) electrons. The van der Waals surface area contributed by atoms with E-state index in [1.807, 2.05) is 25.2 Å². The highest BCUT2D eigenvalue weighted by atomic mass is 79.9. The lowest BCUT2D eigenvalue weighted by Crippen LogP contribution is -2.31. The fourth-order valence-electron chi connectivity index (χ4n) is 1.70. The van der Waals surface area contributed by atoms with Crippen LogP contribution in [0.3, 0.4) is 0 Å². The zero-order valence-corrected chi connectivity index (χ0v) is 14.1. The molecule has 1 aromatic heterocycles. The van der Waals surface area contributed by atoms with Gasteiger partial charge in [-0.1, -0.05) is 43.1 Å². The van der Waals surface area contributed by atoms with E-state index < -0.39 is 0 Å². The van der Waals surface area contributed by atoms with E-state index in [9.17, 15) is 0 Å². The van der Waals surface area contributed by atoms with Gasteiger partial charge < -0.3 is 0 Å². The summed E-state index contributed by atoms with van der Waals surface area (Å²) in [6.07, 6.45) is 0. The molecule has 0 bridgehead atoms. The van der Waals surface area contributed by atoms with Gasteiger partial charge in [0, 0.05) is 16.0 Å². The Hall–Kier alpha value is -0.280. The summed E-state index contributed by atoms with van der Waals surface area (Å²) in [5.41, 5.74) is 4.65. The molecule has 0 saturated heterocycles. The zero-order valence-electron chi connectivity index (χ0n) is 9.36. The first-order valence-corrected chi connectivity index (χ1v) is 7.38. The van der Waals surface area contributed by atoms with E-state index in [-0.39, 0.29) is 6.04 Å². The van der Waals surface area contributed by atoms with Crippen molar-refractivity contribution in [2.24, 2.45) is 12.9 Å². The van der Waals surface area contributed by atoms with E-state index >= 15 is 0 Å². The van der Waals surface area contributed by atoms with Crippen molar-refractivity contribution in [3.8, 4) is 0 Å². The summed E-state index contributed by atoms with van der Waals surface area (Å²) in [7, 11) is 1.82. The van der Waals surface area contributed by atoms with Gasteiger partial charge in [-0.3, -0.25) is 5.84 Å². The van der Waals surface area contributed by atoms with Crippen molar-refractivity contribution in [3.05, 3.63) is 43.0 Å². The van der Waals surface area contributed by atoms with Crippen LogP contribution in [0.15, 0.2) is 31.7 Å². The molecule has 2 rings (SSSR count). The molecule has 1 aromatic carbocycles. The van der Waals surface area contributed by atoms with Crippen molar-refractivity contribution in [3.63, 3.8) is 0 Å². The molecule has 1 heterocycles. The normalized spacial score (nSPS) is 12.7. The van der Waals surface area contributed by atoms with Crippen LogP contribution in [-0.2, 0) is 7.05 Å². The van der Waals surface area contributed by atoms with E-state index in [4.69, 9.17) is 5.84 Å². The van der Waals surface area contributed by atoms with Crippen LogP contribution < -0.4 is 11.3 Å². The summed E-state index contributed by atoms with van der Waals surface area (Å²) < 4.78 is 4.30. The molecular formula is C10H10Br3N5. The van der Waals surface area contributed by atoms with Gasteiger partial charge in [0.1, 0.15) is 0 Å². The van der Waals surface area contributed by atoms with Gasteiger partial charge >= 0.3 is 0 Å². The van der Waals surface area contributed by atoms with Crippen LogP contribution in [0.2, 0.25) is 0 Å². The van der Waals surface area contributed by atoms with Gasteiger partial charge in [-0.05, 0) is 33.6 Å². The fourth-order valence-corrected chi connectivity index (χ4v) is 3.53. The van der Waals surface area contributed by atoms with Crippen LogP contribution in [0.25, 0.3) is 0 Å². The Kier molecular flexibility index (Phi) is 4.54. The van der Waals surface area contributed by atoms with Crippen molar-refractivity contribution in [2.45, 2.75) is 6.04 Å².